The summed E-state index contributed by atoms with van der Waals surface area (Å²) >= 11 is 0. The van der Waals surface area contributed by atoms with Crippen molar-refractivity contribution in [1.82, 2.24) is 4.98 Å². The Balaban J connectivity index is 1.81. The first kappa shape index (κ1) is 21.3. The highest BCUT2D eigenvalue weighted by Crippen LogP contribution is 2.37. The number of oxazole rings is 1. The molecule has 1 amide bonds. The van der Waals surface area contributed by atoms with E-state index in [0.717, 1.165) is 0 Å². The fraction of sp³-hybridized carbons (Fsp3) is 0.158. The van der Waals surface area contributed by atoms with Gasteiger partial charge < -0.3 is 9.73 Å². The van der Waals surface area contributed by atoms with E-state index in [1.807, 2.05) is 0 Å². The number of hydrogen-bond donors (Lipinski definition) is 1. The molecule has 11 heteroatoms. The maximum atomic E-state index is 13.7. The smallest absolute Gasteiger partial charge is 0.428 e. The summed E-state index contributed by atoms with van der Waals surface area (Å²) in [4.78, 5) is 15.6. The molecule has 1 aromatic heterocycles. The number of halogens is 7. The van der Waals surface area contributed by atoms with Crippen LogP contribution in [0.2, 0.25) is 0 Å². The van der Waals surface area contributed by atoms with Gasteiger partial charge in [0.2, 0.25) is 5.89 Å². The van der Waals surface area contributed by atoms with Crippen molar-refractivity contribution in [3.63, 3.8) is 0 Å². The Morgan fingerprint density at radius 1 is 1.07 bits per heavy atom. The van der Waals surface area contributed by atoms with E-state index in [1.165, 1.54) is 31.2 Å². The van der Waals surface area contributed by atoms with Crippen molar-refractivity contribution in [2.45, 2.75) is 19.3 Å². The van der Waals surface area contributed by atoms with E-state index in [4.69, 9.17) is 4.42 Å². The number of nitrogens with one attached hydrogen (secondary N) is 1. The van der Waals surface area contributed by atoms with Crippen molar-refractivity contribution < 1.29 is 39.9 Å². The predicted octanol–water partition coefficient (Wildman–Crippen LogP) is 5.89. The number of nitrogens with zero attached hydrogens (tertiary/aromatic N) is 1. The average Bonchev–Trinajstić information content (AvgIpc) is 3.01. The zero-order valence-corrected chi connectivity index (χ0v) is 15.0. The first-order valence-electron chi connectivity index (χ1n) is 8.22. The van der Waals surface area contributed by atoms with Crippen LogP contribution in [0.5, 0.6) is 0 Å². The molecule has 0 fully saturated rings. The Kier molecular flexibility index (Phi) is 5.55. The number of aromatic nitrogens is 1. The normalized spacial score (nSPS) is 12.7. The van der Waals surface area contributed by atoms with Crippen LogP contribution in [0.4, 0.5) is 36.4 Å². The molecule has 3 aromatic rings. The van der Waals surface area contributed by atoms with Gasteiger partial charge in [0.15, 0.2) is 0 Å². The molecule has 1 N–H and O–H groups in total. The standard InChI is InChI=1S/C19H11F7N2O2/c1-8-15(28-18(30-8)16(23)19(24,25)26)9-2-4-11(5-3-9)27-17(29)14-12(21)6-10(20)7-13(14)22/h2-7,16H,1H3,(H,27,29). The third kappa shape index (κ3) is 4.29. The van der Waals surface area contributed by atoms with Crippen molar-refractivity contribution in [3.05, 3.63) is 71.1 Å². The molecule has 4 nitrogen and oxygen atoms in total. The fourth-order valence-electron chi connectivity index (χ4n) is 2.60. The Morgan fingerprint density at radius 2 is 1.63 bits per heavy atom. The van der Waals surface area contributed by atoms with Crippen LogP contribution in [-0.4, -0.2) is 17.1 Å². The minimum absolute atomic E-state index is 0.0506. The molecule has 30 heavy (non-hydrogen) atoms. The van der Waals surface area contributed by atoms with Gasteiger partial charge in [-0.25, -0.2) is 22.5 Å². The van der Waals surface area contributed by atoms with Gasteiger partial charge in [-0.2, -0.15) is 13.2 Å². The summed E-state index contributed by atoms with van der Waals surface area (Å²) in [6.07, 6.45) is -8.56. The number of benzene rings is 2. The third-order valence-corrected chi connectivity index (χ3v) is 3.97. The molecule has 158 valence electrons. The van der Waals surface area contributed by atoms with Gasteiger partial charge in [0.05, 0.1) is 0 Å². The van der Waals surface area contributed by atoms with Crippen LogP contribution in [-0.2, 0) is 0 Å². The molecule has 2 aromatic carbocycles. The highest BCUT2D eigenvalue weighted by atomic mass is 19.4. The van der Waals surface area contributed by atoms with Gasteiger partial charge in [-0.05, 0) is 19.1 Å². The lowest BCUT2D eigenvalue weighted by molar-refractivity contribution is -0.188. The molecule has 0 radical (unpaired) electrons. The predicted molar refractivity (Wildman–Crippen MR) is 90.8 cm³/mol. The van der Waals surface area contributed by atoms with Crippen LogP contribution in [0.25, 0.3) is 11.3 Å². The second kappa shape index (κ2) is 7.81. The first-order chi connectivity index (χ1) is 14.0. The topological polar surface area (TPSA) is 55.1 Å². The van der Waals surface area contributed by atoms with E-state index < -0.39 is 47.2 Å². The molecule has 0 spiro atoms. The van der Waals surface area contributed by atoms with Crippen molar-refractivity contribution in [3.8, 4) is 11.3 Å². The Labute approximate surface area is 164 Å². The molecule has 0 bridgehead atoms. The largest absolute Gasteiger partial charge is 0.442 e. The van der Waals surface area contributed by atoms with Crippen LogP contribution in [0.15, 0.2) is 40.8 Å². The van der Waals surface area contributed by atoms with E-state index in [2.05, 4.69) is 10.3 Å². The zero-order valence-electron chi connectivity index (χ0n) is 15.0. The molecule has 3 rings (SSSR count). The summed E-state index contributed by atoms with van der Waals surface area (Å²) < 4.78 is 95.9. The van der Waals surface area contributed by atoms with Crippen LogP contribution < -0.4 is 5.32 Å². The molecule has 1 unspecified atom stereocenters. The van der Waals surface area contributed by atoms with Crippen molar-refractivity contribution >= 4 is 11.6 Å². The number of carbonyl (C=O) groups is 1. The number of amides is 1. The molecule has 1 atom stereocenters. The maximum absolute atomic E-state index is 13.7. The molecule has 0 saturated carbocycles. The van der Waals surface area contributed by atoms with E-state index >= 15 is 0 Å². The quantitative estimate of drug-likeness (QED) is 0.523. The molecule has 0 aliphatic rings. The summed E-state index contributed by atoms with van der Waals surface area (Å²) in [5, 5.41) is 2.20. The van der Waals surface area contributed by atoms with E-state index in [9.17, 15) is 35.5 Å². The molecular weight excluding hydrogens is 421 g/mol. The second-order valence-corrected chi connectivity index (χ2v) is 6.14. The van der Waals surface area contributed by atoms with Gasteiger partial charge in [-0.3, -0.25) is 4.79 Å². The van der Waals surface area contributed by atoms with E-state index in [0.29, 0.717) is 12.1 Å². The van der Waals surface area contributed by atoms with Gasteiger partial charge in [0, 0.05) is 23.4 Å². The van der Waals surface area contributed by atoms with Gasteiger partial charge >= 0.3 is 6.18 Å². The monoisotopic (exact) mass is 432 g/mol. The number of carbonyl (C=O) groups excluding carboxylic acids is 1. The summed E-state index contributed by atoms with van der Waals surface area (Å²) in [6, 6.07) is 5.90. The SMILES string of the molecule is Cc1oc(C(F)C(F)(F)F)nc1-c1ccc(NC(=O)c2c(F)cc(F)cc2F)cc1. The fourth-order valence-corrected chi connectivity index (χ4v) is 2.60. The van der Waals surface area contributed by atoms with Crippen molar-refractivity contribution in [1.29, 1.82) is 0 Å². The molecule has 0 saturated heterocycles. The van der Waals surface area contributed by atoms with Gasteiger partial charge in [0.25, 0.3) is 12.1 Å². The number of rotatable bonds is 4. The highest BCUT2D eigenvalue weighted by Gasteiger charge is 2.45. The van der Waals surface area contributed by atoms with Crippen LogP contribution in [0.3, 0.4) is 0 Å². The number of hydrogen-bond acceptors (Lipinski definition) is 3. The van der Waals surface area contributed by atoms with Gasteiger partial charge in [-0.15, -0.1) is 0 Å². The lowest BCUT2D eigenvalue weighted by Crippen LogP contribution is -2.16. The maximum Gasteiger partial charge on any atom is 0.428 e. The molecular formula is C19H11F7N2O2. The number of anilines is 1. The van der Waals surface area contributed by atoms with Crippen LogP contribution in [0.1, 0.15) is 28.2 Å². The summed E-state index contributed by atoms with van der Waals surface area (Å²) in [5.41, 5.74) is -0.718. The summed E-state index contributed by atoms with van der Waals surface area (Å²) in [7, 11) is 0. The number of alkyl halides is 4. The summed E-state index contributed by atoms with van der Waals surface area (Å²) in [5.74, 6) is -6.35. The highest BCUT2D eigenvalue weighted by molar-refractivity contribution is 6.04. The molecule has 0 aliphatic carbocycles. The zero-order chi connectivity index (χ0) is 22.2. The Morgan fingerprint density at radius 3 is 2.17 bits per heavy atom. The van der Waals surface area contributed by atoms with E-state index in [1.54, 1.807) is 0 Å². The van der Waals surface area contributed by atoms with Crippen LogP contribution >= 0.6 is 0 Å². The summed E-state index contributed by atoms with van der Waals surface area (Å²) in [6.45, 7) is 1.30. The lowest BCUT2D eigenvalue weighted by Gasteiger charge is -2.08. The minimum atomic E-state index is -5.17. The Hall–Kier alpha value is -3.37. The van der Waals surface area contributed by atoms with Crippen LogP contribution in [0, 0.1) is 24.4 Å². The Bertz CT molecular complexity index is 1070. The van der Waals surface area contributed by atoms with E-state index in [-0.39, 0.29) is 22.7 Å². The lowest BCUT2D eigenvalue weighted by atomic mass is 10.1. The first-order valence-corrected chi connectivity index (χ1v) is 8.22. The molecule has 0 aliphatic heterocycles. The third-order valence-electron chi connectivity index (χ3n) is 3.97. The average molecular weight is 432 g/mol. The van der Waals surface area contributed by atoms with Gasteiger partial charge in [0.1, 0.15) is 34.5 Å². The number of aryl methyl sites for hydroxylation is 1. The van der Waals surface area contributed by atoms with Gasteiger partial charge in [-0.1, -0.05) is 12.1 Å². The molecule has 1 heterocycles. The van der Waals surface area contributed by atoms with Crippen molar-refractivity contribution in [2.24, 2.45) is 0 Å². The second-order valence-electron chi connectivity index (χ2n) is 6.14. The van der Waals surface area contributed by atoms with Crippen molar-refractivity contribution in [2.75, 3.05) is 5.32 Å². The minimum Gasteiger partial charge on any atom is -0.442 e.